The lowest BCUT2D eigenvalue weighted by Crippen LogP contribution is -2.49. The van der Waals surface area contributed by atoms with Crippen molar-refractivity contribution in [1.82, 2.24) is 31.5 Å². The Balaban J connectivity index is 4.32. The van der Waals surface area contributed by atoms with E-state index in [4.69, 9.17) is 36.1 Å². The Morgan fingerprint density at radius 2 is 0.787 bits per heavy atom. The summed E-state index contributed by atoms with van der Waals surface area (Å²) in [6, 6.07) is -0.938. The molecule has 0 atom stereocenters. The van der Waals surface area contributed by atoms with Crippen molar-refractivity contribution < 1.29 is 33.3 Å². The van der Waals surface area contributed by atoms with Crippen molar-refractivity contribution in [2.24, 2.45) is 17.2 Å². The molecule has 0 saturated heterocycles. The van der Waals surface area contributed by atoms with Gasteiger partial charge in [-0.2, -0.15) is 0 Å². The molecule has 0 heterocycles. The average Bonchev–Trinajstić information content (AvgIpc) is 3.06. The zero-order valence-electron chi connectivity index (χ0n) is 28.8. The molecule has 16 nitrogen and oxygen atoms in total. The Bertz CT molecular complexity index is 689. The number of unbranched alkanes of at least 4 members (excludes halogenated alkanes) is 9. The first kappa shape index (κ1) is 44.5. The standard InChI is InChI=1S/C31H67N9O7/c32-11-9-7-5-3-1-2-4-6-8-10-14-39-31(43)40(19-15-35-29(41)37-17-23-46-27-25-44-21-12-33)20-16-36-30(42)38-18-24-47-28-26-45-22-13-34/h1-28,32-34H2,(H,39,43)(H2,35,37,41)(H2,36,38,42). The highest BCUT2D eigenvalue weighted by molar-refractivity contribution is 5.76. The van der Waals surface area contributed by atoms with Crippen molar-refractivity contribution in [2.45, 2.75) is 64.2 Å². The molecule has 0 bridgehead atoms. The monoisotopic (exact) mass is 678 g/mol. The van der Waals surface area contributed by atoms with E-state index >= 15 is 0 Å². The number of amides is 6. The third kappa shape index (κ3) is 33.2. The van der Waals surface area contributed by atoms with Crippen LogP contribution < -0.4 is 43.8 Å². The molecule has 0 aliphatic heterocycles. The fourth-order valence-electron chi connectivity index (χ4n) is 4.32. The van der Waals surface area contributed by atoms with Crippen molar-refractivity contribution in [1.29, 1.82) is 0 Å². The molecule has 11 N–H and O–H groups in total. The number of ether oxygens (including phenoxy) is 4. The molecule has 0 spiro atoms. The molecule has 0 fully saturated rings. The number of nitrogens with one attached hydrogen (secondary N) is 5. The maximum atomic E-state index is 12.9. The number of hydrogen-bond acceptors (Lipinski definition) is 10. The van der Waals surface area contributed by atoms with E-state index < -0.39 is 0 Å². The molecular weight excluding hydrogens is 610 g/mol. The van der Waals surface area contributed by atoms with E-state index in [0.29, 0.717) is 85.6 Å². The third-order valence-corrected chi connectivity index (χ3v) is 6.86. The van der Waals surface area contributed by atoms with Gasteiger partial charge in [-0.05, 0) is 19.4 Å². The largest absolute Gasteiger partial charge is 0.378 e. The number of carbonyl (C=O) groups is 3. The van der Waals surface area contributed by atoms with E-state index in [-0.39, 0.29) is 44.3 Å². The average molecular weight is 678 g/mol. The first-order chi connectivity index (χ1) is 23.0. The molecular formula is C31H67N9O7. The number of urea groups is 3. The van der Waals surface area contributed by atoms with Gasteiger partial charge in [-0.3, -0.25) is 0 Å². The summed E-state index contributed by atoms with van der Waals surface area (Å²) in [5.41, 5.74) is 16.3. The molecule has 0 aliphatic carbocycles. The molecule has 0 aromatic rings. The van der Waals surface area contributed by atoms with Crippen LogP contribution in [0.25, 0.3) is 0 Å². The number of rotatable bonds is 34. The fraction of sp³-hybridized carbons (Fsp3) is 0.903. The van der Waals surface area contributed by atoms with Gasteiger partial charge in [0.2, 0.25) is 0 Å². The first-order valence-electron chi connectivity index (χ1n) is 17.5. The number of nitrogens with zero attached hydrogens (tertiary/aromatic N) is 1. The van der Waals surface area contributed by atoms with Crippen LogP contribution in [-0.4, -0.2) is 141 Å². The van der Waals surface area contributed by atoms with Crippen molar-refractivity contribution in [3.8, 4) is 0 Å². The molecule has 16 heteroatoms. The van der Waals surface area contributed by atoms with Gasteiger partial charge in [0.05, 0.1) is 52.9 Å². The van der Waals surface area contributed by atoms with Crippen LogP contribution >= 0.6 is 0 Å². The number of nitrogens with two attached hydrogens (primary N) is 3. The van der Waals surface area contributed by atoms with Crippen LogP contribution in [0.15, 0.2) is 0 Å². The summed E-state index contributed by atoms with van der Waals surface area (Å²) in [7, 11) is 0. The highest BCUT2D eigenvalue weighted by Gasteiger charge is 2.14. The zero-order valence-corrected chi connectivity index (χ0v) is 28.8. The van der Waals surface area contributed by atoms with E-state index in [1.165, 1.54) is 38.5 Å². The molecule has 47 heavy (non-hydrogen) atoms. The summed E-state index contributed by atoms with van der Waals surface area (Å²) in [6.07, 6.45) is 11.7. The van der Waals surface area contributed by atoms with Crippen LogP contribution in [0.1, 0.15) is 64.2 Å². The van der Waals surface area contributed by atoms with Crippen molar-refractivity contribution >= 4 is 18.1 Å². The third-order valence-electron chi connectivity index (χ3n) is 6.86. The van der Waals surface area contributed by atoms with E-state index in [1.54, 1.807) is 4.90 Å². The van der Waals surface area contributed by atoms with Crippen LogP contribution in [0.3, 0.4) is 0 Å². The van der Waals surface area contributed by atoms with Gasteiger partial charge in [0.25, 0.3) is 0 Å². The van der Waals surface area contributed by atoms with Crippen LogP contribution in [0, 0.1) is 0 Å². The van der Waals surface area contributed by atoms with Gasteiger partial charge in [-0.15, -0.1) is 0 Å². The van der Waals surface area contributed by atoms with Crippen molar-refractivity contribution in [2.75, 3.05) is 118 Å². The Hall–Kier alpha value is -2.47. The molecule has 0 saturated carbocycles. The fourth-order valence-corrected chi connectivity index (χ4v) is 4.32. The summed E-state index contributed by atoms with van der Waals surface area (Å²) < 4.78 is 21.2. The van der Waals surface area contributed by atoms with Crippen LogP contribution in [0.4, 0.5) is 14.4 Å². The highest BCUT2D eigenvalue weighted by atomic mass is 16.5. The van der Waals surface area contributed by atoms with Gasteiger partial charge in [-0.25, -0.2) is 14.4 Å². The van der Waals surface area contributed by atoms with Crippen LogP contribution in [-0.2, 0) is 18.9 Å². The SMILES string of the molecule is NCCCCCCCCCCCCNC(=O)N(CCNC(=O)NCCOCCOCCN)CCNC(=O)NCCOCCOCCN. The van der Waals surface area contributed by atoms with Gasteiger partial charge in [0.1, 0.15) is 0 Å². The summed E-state index contributed by atoms with van der Waals surface area (Å²) in [5, 5.41) is 13.9. The summed E-state index contributed by atoms with van der Waals surface area (Å²) in [4.78, 5) is 38.8. The second kappa shape index (κ2) is 36.4. The quantitative estimate of drug-likeness (QED) is 0.0438. The minimum atomic E-state index is -0.352. The molecule has 0 aromatic heterocycles. The minimum absolute atomic E-state index is 0.234. The molecule has 0 unspecified atom stereocenters. The van der Waals surface area contributed by atoms with Crippen molar-refractivity contribution in [3.05, 3.63) is 0 Å². The summed E-state index contributed by atoms with van der Waals surface area (Å²) >= 11 is 0. The van der Waals surface area contributed by atoms with E-state index in [2.05, 4.69) is 26.6 Å². The normalized spacial score (nSPS) is 10.9. The van der Waals surface area contributed by atoms with E-state index in [9.17, 15) is 14.4 Å². The van der Waals surface area contributed by atoms with Crippen LogP contribution in [0.5, 0.6) is 0 Å². The maximum Gasteiger partial charge on any atom is 0.317 e. The minimum Gasteiger partial charge on any atom is -0.378 e. The predicted molar refractivity (Wildman–Crippen MR) is 184 cm³/mol. The molecule has 0 aliphatic rings. The lowest BCUT2D eigenvalue weighted by molar-refractivity contribution is 0.0524. The van der Waals surface area contributed by atoms with Crippen molar-refractivity contribution in [3.63, 3.8) is 0 Å². The maximum absolute atomic E-state index is 12.9. The highest BCUT2D eigenvalue weighted by Crippen LogP contribution is 2.10. The predicted octanol–water partition coefficient (Wildman–Crippen LogP) is 0.440. The smallest absolute Gasteiger partial charge is 0.317 e. The second-order valence-electron chi connectivity index (χ2n) is 10.9. The topological polar surface area (TPSA) is 230 Å². The summed E-state index contributed by atoms with van der Waals surface area (Å²) in [6.45, 7) is 7.46. The number of hydrogen-bond donors (Lipinski definition) is 8. The lowest BCUT2D eigenvalue weighted by atomic mass is 10.1. The van der Waals surface area contributed by atoms with E-state index in [1.807, 2.05) is 0 Å². The molecule has 6 amide bonds. The Morgan fingerprint density at radius 3 is 1.21 bits per heavy atom. The molecule has 278 valence electrons. The Morgan fingerprint density at radius 1 is 0.404 bits per heavy atom. The second-order valence-corrected chi connectivity index (χ2v) is 10.9. The van der Waals surface area contributed by atoms with Gasteiger partial charge < -0.3 is 67.6 Å². The lowest BCUT2D eigenvalue weighted by Gasteiger charge is -2.23. The van der Waals surface area contributed by atoms with Gasteiger partial charge in [0, 0.05) is 58.9 Å². The van der Waals surface area contributed by atoms with Gasteiger partial charge >= 0.3 is 18.1 Å². The van der Waals surface area contributed by atoms with Gasteiger partial charge in [0.15, 0.2) is 0 Å². The van der Waals surface area contributed by atoms with Gasteiger partial charge in [-0.1, -0.05) is 51.4 Å². The zero-order chi connectivity index (χ0) is 34.5. The molecule has 0 radical (unpaired) electrons. The molecule has 0 rings (SSSR count). The van der Waals surface area contributed by atoms with Crippen LogP contribution in [0.2, 0.25) is 0 Å². The number of carbonyl (C=O) groups excluding carboxylic acids is 3. The molecule has 0 aromatic carbocycles. The Kier molecular flexibility index (Phi) is 34.5. The Labute approximate surface area is 282 Å². The van der Waals surface area contributed by atoms with E-state index in [0.717, 1.165) is 32.2 Å². The first-order valence-corrected chi connectivity index (χ1v) is 17.5. The summed E-state index contributed by atoms with van der Waals surface area (Å²) in [5.74, 6) is 0.